The van der Waals surface area contributed by atoms with Gasteiger partial charge >= 0.3 is 0 Å². The van der Waals surface area contributed by atoms with Crippen molar-refractivity contribution in [3.8, 4) is 0 Å². The van der Waals surface area contributed by atoms with Gasteiger partial charge in [-0.1, -0.05) is 11.1 Å². The Balaban J connectivity index is 2.07. The fourth-order valence-corrected chi connectivity index (χ4v) is 2.96. The van der Waals surface area contributed by atoms with E-state index < -0.39 is 11.1 Å². The molecule has 2 unspecified atom stereocenters. The van der Waals surface area contributed by atoms with Crippen molar-refractivity contribution in [1.29, 1.82) is 0 Å². The number of nitrogens with zero attached hydrogens (tertiary/aromatic N) is 2. The monoisotopic (exact) mass is 254 g/mol. The van der Waals surface area contributed by atoms with Crippen LogP contribution in [0.2, 0.25) is 0 Å². The summed E-state index contributed by atoms with van der Waals surface area (Å²) in [5.41, 5.74) is 7.48. The van der Waals surface area contributed by atoms with Crippen LogP contribution < -0.4 is 10.6 Å². The van der Waals surface area contributed by atoms with E-state index in [-0.39, 0.29) is 11.7 Å². The predicted molar refractivity (Wildman–Crippen MR) is 67.4 cm³/mol. The minimum absolute atomic E-state index is 0.203. The molecule has 1 aromatic heterocycles. The quantitative estimate of drug-likeness (QED) is 0.805. The standard InChI is InChI=1S/C11H17N3O2S/c12-10-6-13-4-3-11(10)14-5-1-2-9(7-14)8-17(15)16/h3-4,6,9H,1-2,5,7-8,12H2,(H,15,16)/p-1. The summed E-state index contributed by atoms with van der Waals surface area (Å²) in [7, 11) is 0. The first kappa shape index (κ1) is 12.3. The minimum atomic E-state index is -1.96. The van der Waals surface area contributed by atoms with Gasteiger partial charge in [0, 0.05) is 25.0 Å². The Morgan fingerprint density at radius 1 is 1.65 bits per heavy atom. The minimum Gasteiger partial charge on any atom is -0.772 e. The number of nitrogen functional groups attached to an aromatic ring is 1. The van der Waals surface area contributed by atoms with Crippen molar-refractivity contribution in [2.24, 2.45) is 5.92 Å². The molecular weight excluding hydrogens is 238 g/mol. The Labute approximate surface area is 103 Å². The Morgan fingerprint density at radius 2 is 2.47 bits per heavy atom. The van der Waals surface area contributed by atoms with Crippen LogP contribution in [0.15, 0.2) is 18.5 Å². The molecule has 1 fully saturated rings. The molecule has 1 aromatic rings. The highest BCUT2D eigenvalue weighted by molar-refractivity contribution is 7.79. The summed E-state index contributed by atoms with van der Waals surface area (Å²) in [5.74, 6) is 0.441. The molecule has 2 atom stereocenters. The van der Waals surface area contributed by atoms with Gasteiger partial charge < -0.3 is 15.2 Å². The number of hydrogen-bond acceptors (Lipinski definition) is 5. The summed E-state index contributed by atoms with van der Waals surface area (Å²) < 4.78 is 21.4. The third-order valence-corrected chi connectivity index (χ3v) is 3.80. The molecule has 2 N–H and O–H groups in total. The Hall–Kier alpha value is -1.14. The van der Waals surface area contributed by atoms with Crippen LogP contribution in [0.25, 0.3) is 0 Å². The molecule has 0 aliphatic carbocycles. The SMILES string of the molecule is Nc1cnccc1N1CCCC(CS(=O)[O-])C1. The summed E-state index contributed by atoms with van der Waals surface area (Å²) in [4.78, 5) is 6.11. The molecule has 0 saturated carbocycles. The Bertz CT molecular complexity index is 413. The molecule has 2 rings (SSSR count). The van der Waals surface area contributed by atoms with Crippen LogP contribution in [-0.2, 0) is 11.1 Å². The van der Waals surface area contributed by atoms with Crippen molar-refractivity contribution < 1.29 is 8.76 Å². The highest BCUT2D eigenvalue weighted by atomic mass is 32.2. The van der Waals surface area contributed by atoms with Crippen LogP contribution in [0, 0.1) is 5.92 Å². The summed E-state index contributed by atoms with van der Waals surface area (Å²) in [6.45, 7) is 1.68. The molecule has 0 radical (unpaired) electrons. The average Bonchev–Trinajstić information content (AvgIpc) is 2.29. The van der Waals surface area contributed by atoms with Gasteiger partial charge in [-0.2, -0.15) is 0 Å². The van der Waals surface area contributed by atoms with Crippen molar-refractivity contribution >= 4 is 22.5 Å². The molecule has 17 heavy (non-hydrogen) atoms. The highest BCUT2D eigenvalue weighted by Crippen LogP contribution is 2.27. The zero-order valence-corrected chi connectivity index (χ0v) is 10.4. The summed E-state index contributed by atoms with van der Waals surface area (Å²) in [6.07, 6.45) is 5.31. The van der Waals surface area contributed by atoms with E-state index in [2.05, 4.69) is 9.88 Å². The van der Waals surface area contributed by atoms with Gasteiger partial charge in [-0.05, 0) is 24.8 Å². The molecule has 0 bridgehead atoms. The lowest BCUT2D eigenvalue weighted by molar-refractivity contribution is 0.437. The Morgan fingerprint density at radius 3 is 3.18 bits per heavy atom. The van der Waals surface area contributed by atoms with Gasteiger partial charge in [-0.3, -0.25) is 9.19 Å². The molecule has 0 spiro atoms. The summed E-state index contributed by atoms with van der Waals surface area (Å²) >= 11 is -1.96. The second-order valence-electron chi connectivity index (χ2n) is 4.36. The zero-order valence-electron chi connectivity index (χ0n) is 9.54. The van der Waals surface area contributed by atoms with E-state index in [9.17, 15) is 8.76 Å². The van der Waals surface area contributed by atoms with Gasteiger partial charge in [0.25, 0.3) is 0 Å². The molecule has 2 heterocycles. The van der Waals surface area contributed by atoms with Gasteiger partial charge in [0.05, 0.1) is 17.6 Å². The highest BCUT2D eigenvalue weighted by Gasteiger charge is 2.21. The topological polar surface area (TPSA) is 82.3 Å². The Kier molecular flexibility index (Phi) is 3.96. The molecule has 94 valence electrons. The first-order chi connectivity index (χ1) is 8.16. The number of nitrogens with two attached hydrogens (primary N) is 1. The van der Waals surface area contributed by atoms with Crippen LogP contribution in [-0.4, -0.2) is 32.6 Å². The normalized spacial score (nSPS) is 22.4. The lowest BCUT2D eigenvalue weighted by Gasteiger charge is -2.35. The van der Waals surface area contributed by atoms with E-state index in [1.807, 2.05) is 6.07 Å². The number of hydrogen-bond donors (Lipinski definition) is 1. The maximum Gasteiger partial charge on any atom is 0.0738 e. The first-order valence-corrected chi connectivity index (χ1v) is 6.91. The smallest absolute Gasteiger partial charge is 0.0738 e. The van der Waals surface area contributed by atoms with Gasteiger partial charge in [-0.25, -0.2) is 0 Å². The third kappa shape index (κ3) is 3.17. The lowest BCUT2D eigenvalue weighted by Crippen LogP contribution is -2.37. The van der Waals surface area contributed by atoms with E-state index >= 15 is 0 Å². The van der Waals surface area contributed by atoms with Crippen molar-refractivity contribution in [1.82, 2.24) is 4.98 Å². The maximum atomic E-state index is 10.7. The summed E-state index contributed by atoms with van der Waals surface area (Å²) in [6, 6.07) is 1.88. The number of anilines is 2. The molecule has 5 nitrogen and oxygen atoms in total. The molecule has 1 aliphatic rings. The van der Waals surface area contributed by atoms with Crippen molar-refractivity contribution in [3.05, 3.63) is 18.5 Å². The summed E-state index contributed by atoms with van der Waals surface area (Å²) in [5, 5.41) is 0. The lowest BCUT2D eigenvalue weighted by atomic mass is 9.99. The predicted octanol–water partition coefficient (Wildman–Crippen LogP) is 0.759. The third-order valence-electron chi connectivity index (χ3n) is 3.06. The van der Waals surface area contributed by atoms with Crippen LogP contribution in [0.5, 0.6) is 0 Å². The van der Waals surface area contributed by atoms with E-state index in [1.165, 1.54) is 0 Å². The molecule has 1 aliphatic heterocycles. The van der Waals surface area contributed by atoms with Gasteiger partial charge in [-0.15, -0.1) is 0 Å². The first-order valence-electron chi connectivity index (χ1n) is 5.67. The number of aromatic nitrogens is 1. The fourth-order valence-electron chi connectivity index (χ4n) is 2.30. The van der Waals surface area contributed by atoms with Gasteiger partial charge in [0.2, 0.25) is 0 Å². The number of rotatable bonds is 3. The van der Waals surface area contributed by atoms with Gasteiger partial charge in [0.15, 0.2) is 0 Å². The van der Waals surface area contributed by atoms with E-state index in [0.29, 0.717) is 5.69 Å². The van der Waals surface area contributed by atoms with E-state index in [1.54, 1.807) is 12.4 Å². The number of pyridine rings is 1. The average molecular weight is 254 g/mol. The zero-order chi connectivity index (χ0) is 12.3. The molecule has 0 aromatic carbocycles. The van der Waals surface area contributed by atoms with Crippen molar-refractivity contribution in [2.75, 3.05) is 29.5 Å². The van der Waals surface area contributed by atoms with Crippen molar-refractivity contribution in [2.45, 2.75) is 12.8 Å². The number of piperidine rings is 1. The van der Waals surface area contributed by atoms with Crippen LogP contribution in [0.1, 0.15) is 12.8 Å². The molecule has 1 saturated heterocycles. The van der Waals surface area contributed by atoms with Crippen LogP contribution >= 0.6 is 0 Å². The second-order valence-corrected chi connectivity index (χ2v) is 5.30. The van der Waals surface area contributed by atoms with E-state index in [0.717, 1.165) is 31.6 Å². The molecular formula is C11H16N3O2S-. The molecule has 6 heteroatoms. The fraction of sp³-hybridized carbons (Fsp3) is 0.545. The maximum absolute atomic E-state index is 10.7. The second kappa shape index (κ2) is 5.46. The molecule has 0 amide bonds. The van der Waals surface area contributed by atoms with Crippen LogP contribution in [0.4, 0.5) is 11.4 Å². The van der Waals surface area contributed by atoms with Crippen LogP contribution in [0.3, 0.4) is 0 Å². The van der Waals surface area contributed by atoms with Gasteiger partial charge in [0.1, 0.15) is 0 Å². The van der Waals surface area contributed by atoms with Crippen molar-refractivity contribution in [3.63, 3.8) is 0 Å². The van der Waals surface area contributed by atoms with E-state index in [4.69, 9.17) is 5.73 Å². The largest absolute Gasteiger partial charge is 0.772 e.